The maximum atomic E-state index is 9.32. The number of benzene rings is 9. The molecule has 0 atom stereocenters. The van der Waals surface area contributed by atoms with E-state index >= 15 is 0 Å². The topological polar surface area (TPSA) is 0 Å². The second kappa shape index (κ2) is 8.15. The minimum atomic E-state index is -0.407. The molecular formula is C40H24. The first-order chi connectivity index (χ1) is 23.2. The van der Waals surface area contributed by atoms with Crippen molar-refractivity contribution in [3.63, 3.8) is 0 Å². The zero-order chi connectivity index (χ0) is 33.2. The fraction of sp³-hybridized carbons (Fsp3) is 0. The van der Waals surface area contributed by atoms with Gasteiger partial charge in [-0.05, 0) is 99.0 Å². The standard InChI is InChI=1S/C40H24/c1-2-13-31-25(9-1)10-8-18-32(31)40-35-16-5-3-14-33(35)39(34-15-4-6-17-36(34)40)30-23-28-21-19-26-11-7-12-27-20-22-29(24-30)38(28)37(26)27/h1-24H/i3D,4D,5D,6D,14D,15D,16D,17D. The minimum absolute atomic E-state index is 0.217. The zero-order valence-electron chi connectivity index (χ0n) is 29.2. The average Bonchev–Trinajstić information content (AvgIpc) is 3.12. The lowest BCUT2D eigenvalue weighted by atomic mass is 9.83. The van der Waals surface area contributed by atoms with Crippen molar-refractivity contribution in [2.24, 2.45) is 0 Å². The van der Waals surface area contributed by atoms with Gasteiger partial charge < -0.3 is 0 Å². The molecule has 0 aliphatic heterocycles. The summed E-state index contributed by atoms with van der Waals surface area (Å²) in [6.45, 7) is 0. The lowest BCUT2D eigenvalue weighted by molar-refractivity contribution is 1.69. The van der Waals surface area contributed by atoms with Crippen LogP contribution in [0.4, 0.5) is 0 Å². The molecule has 9 rings (SSSR count). The van der Waals surface area contributed by atoms with Gasteiger partial charge in [0, 0.05) is 0 Å². The smallest absolute Gasteiger partial charge is 0.0616 e. The van der Waals surface area contributed by atoms with Gasteiger partial charge in [0.25, 0.3) is 0 Å². The monoisotopic (exact) mass is 512 g/mol. The summed E-state index contributed by atoms with van der Waals surface area (Å²) in [5.74, 6) is 0. The van der Waals surface area contributed by atoms with E-state index < -0.39 is 24.2 Å². The predicted molar refractivity (Wildman–Crippen MR) is 174 cm³/mol. The van der Waals surface area contributed by atoms with E-state index in [2.05, 4.69) is 24.3 Å². The van der Waals surface area contributed by atoms with Crippen LogP contribution < -0.4 is 0 Å². The molecular weight excluding hydrogens is 480 g/mol. The Kier molecular flexibility index (Phi) is 3.14. The molecule has 0 N–H and O–H groups in total. The van der Waals surface area contributed by atoms with E-state index in [0.29, 0.717) is 22.3 Å². The van der Waals surface area contributed by atoms with Gasteiger partial charge in [-0.25, -0.2) is 0 Å². The highest BCUT2D eigenvalue weighted by atomic mass is 14.2. The molecule has 0 saturated heterocycles. The summed E-state index contributed by atoms with van der Waals surface area (Å²) >= 11 is 0. The van der Waals surface area contributed by atoms with Crippen molar-refractivity contribution in [2.45, 2.75) is 0 Å². The van der Waals surface area contributed by atoms with Crippen LogP contribution in [0.2, 0.25) is 0 Å². The first-order valence-electron chi connectivity index (χ1n) is 17.3. The summed E-state index contributed by atoms with van der Waals surface area (Å²) in [4.78, 5) is 0. The Morgan fingerprint density at radius 1 is 0.375 bits per heavy atom. The van der Waals surface area contributed by atoms with Crippen LogP contribution in [0.3, 0.4) is 0 Å². The van der Waals surface area contributed by atoms with Crippen molar-refractivity contribution in [2.75, 3.05) is 0 Å². The van der Waals surface area contributed by atoms with Gasteiger partial charge in [0.1, 0.15) is 0 Å². The van der Waals surface area contributed by atoms with E-state index in [9.17, 15) is 5.48 Å². The number of rotatable bonds is 2. The third kappa shape index (κ3) is 2.96. The lowest BCUT2D eigenvalue weighted by Gasteiger charge is -2.19. The fourth-order valence-electron chi connectivity index (χ4n) is 6.52. The lowest BCUT2D eigenvalue weighted by Crippen LogP contribution is -1.92. The molecule has 0 saturated carbocycles. The van der Waals surface area contributed by atoms with Crippen LogP contribution in [-0.4, -0.2) is 0 Å². The van der Waals surface area contributed by atoms with Gasteiger partial charge in [0.15, 0.2) is 0 Å². The van der Waals surface area contributed by atoms with Crippen molar-refractivity contribution in [3.8, 4) is 22.3 Å². The van der Waals surface area contributed by atoms with Gasteiger partial charge in [-0.2, -0.15) is 0 Å². The molecule has 0 bridgehead atoms. The summed E-state index contributed by atoms with van der Waals surface area (Å²) in [6.07, 6.45) is 0. The SMILES string of the molecule is [2H]c1c([2H])c([2H])c2c(-c3cccc4ccccc34)c3c([2H])c([2H])c([2H])c([2H])c3c(-c3cc4ccc5cccc6ccc(c3)c4c56)c2c1[2H]. The number of hydrogen-bond donors (Lipinski definition) is 0. The molecule has 0 aliphatic rings. The quantitative estimate of drug-likeness (QED) is 0.160. The normalized spacial score (nSPS) is 14.8. The molecule has 0 amide bonds. The predicted octanol–water partition coefficient (Wildman–Crippen LogP) is 11.4. The van der Waals surface area contributed by atoms with Crippen molar-refractivity contribution >= 4 is 64.6 Å². The molecule has 9 aromatic rings. The molecule has 9 aromatic carbocycles. The minimum Gasteiger partial charge on any atom is -0.0616 e. The number of hydrogen-bond acceptors (Lipinski definition) is 0. The fourth-order valence-corrected chi connectivity index (χ4v) is 6.52. The summed E-state index contributed by atoms with van der Waals surface area (Å²) in [5.41, 5.74) is 1.95. The molecule has 0 aliphatic carbocycles. The van der Waals surface area contributed by atoms with Gasteiger partial charge in [-0.15, -0.1) is 0 Å². The summed E-state index contributed by atoms with van der Waals surface area (Å²) < 4.78 is 72.2. The molecule has 0 heteroatoms. The Labute approximate surface area is 243 Å². The highest BCUT2D eigenvalue weighted by Crippen LogP contribution is 2.46. The van der Waals surface area contributed by atoms with Crippen LogP contribution in [0, 0.1) is 0 Å². The summed E-state index contributed by atoms with van der Waals surface area (Å²) in [6, 6.07) is 29.0. The van der Waals surface area contributed by atoms with E-state index in [1.165, 1.54) is 0 Å². The van der Waals surface area contributed by atoms with E-state index in [1.807, 2.05) is 72.8 Å². The molecule has 0 nitrogen and oxygen atoms in total. The first-order valence-corrected chi connectivity index (χ1v) is 13.3. The van der Waals surface area contributed by atoms with Crippen LogP contribution >= 0.6 is 0 Å². The van der Waals surface area contributed by atoms with Crippen LogP contribution in [0.25, 0.3) is 86.9 Å². The van der Waals surface area contributed by atoms with Crippen molar-refractivity contribution in [1.29, 1.82) is 0 Å². The molecule has 184 valence electrons. The second-order valence-corrected chi connectivity index (χ2v) is 10.3. The Hall–Kier alpha value is -5.20. The van der Waals surface area contributed by atoms with Crippen LogP contribution in [-0.2, 0) is 0 Å². The largest absolute Gasteiger partial charge is 0.0629 e. The van der Waals surface area contributed by atoms with Crippen LogP contribution in [0.15, 0.2) is 145 Å². The first kappa shape index (κ1) is 15.4. The molecule has 0 spiro atoms. The third-order valence-electron chi connectivity index (χ3n) is 8.19. The molecule has 0 fully saturated rings. The molecule has 0 unspecified atom stereocenters. The van der Waals surface area contributed by atoms with E-state index in [0.717, 1.165) is 43.1 Å². The average molecular weight is 513 g/mol. The van der Waals surface area contributed by atoms with Gasteiger partial charge >= 0.3 is 0 Å². The molecule has 40 heavy (non-hydrogen) atoms. The van der Waals surface area contributed by atoms with Gasteiger partial charge in [-0.3, -0.25) is 0 Å². The van der Waals surface area contributed by atoms with Gasteiger partial charge in [-0.1, -0.05) is 133 Å². The maximum Gasteiger partial charge on any atom is 0.0629 e. The highest BCUT2D eigenvalue weighted by molar-refractivity contribution is 6.27. The maximum absolute atomic E-state index is 9.32. The van der Waals surface area contributed by atoms with E-state index in [1.54, 1.807) is 0 Å². The molecule has 0 heterocycles. The van der Waals surface area contributed by atoms with Crippen LogP contribution in [0.1, 0.15) is 11.0 Å². The van der Waals surface area contributed by atoms with E-state index in [-0.39, 0.29) is 45.7 Å². The number of fused-ring (bicyclic) bond motifs is 3. The Morgan fingerprint density at radius 3 is 1.50 bits per heavy atom. The molecule has 0 aromatic heterocycles. The van der Waals surface area contributed by atoms with Crippen molar-refractivity contribution < 1.29 is 11.0 Å². The Balaban J connectivity index is 1.58. The summed E-state index contributed by atoms with van der Waals surface area (Å²) in [7, 11) is 0. The van der Waals surface area contributed by atoms with Crippen molar-refractivity contribution in [1.82, 2.24) is 0 Å². The second-order valence-electron chi connectivity index (χ2n) is 10.3. The highest BCUT2D eigenvalue weighted by Gasteiger charge is 2.19. The zero-order valence-corrected chi connectivity index (χ0v) is 21.2. The van der Waals surface area contributed by atoms with Gasteiger partial charge in [0.05, 0.1) is 11.0 Å². The summed E-state index contributed by atoms with van der Waals surface area (Å²) in [5, 5.41) is 8.83. The van der Waals surface area contributed by atoms with Crippen molar-refractivity contribution in [3.05, 3.63) is 145 Å². The Bertz CT molecular complexity index is 2720. The van der Waals surface area contributed by atoms with Crippen LogP contribution in [0.5, 0.6) is 0 Å². The molecule has 0 radical (unpaired) electrons. The van der Waals surface area contributed by atoms with Gasteiger partial charge in [0.2, 0.25) is 0 Å². The van der Waals surface area contributed by atoms with E-state index in [4.69, 9.17) is 5.48 Å². The third-order valence-corrected chi connectivity index (χ3v) is 8.19. The Morgan fingerprint density at radius 2 is 0.850 bits per heavy atom.